The Hall–Kier alpha value is -1.33. The van der Waals surface area contributed by atoms with E-state index in [1.54, 1.807) is 7.11 Å². The van der Waals surface area contributed by atoms with Gasteiger partial charge in [0.1, 0.15) is 5.82 Å². The van der Waals surface area contributed by atoms with Gasteiger partial charge in [-0.1, -0.05) is 0 Å². The van der Waals surface area contributed by atoms with E-state index in [9.17, 15) is 0 Å². The highest BCUT2D eigenvalue weighted by Crippen LogP contribution is 2.16. The summed E-state index contributed by atoms with van der Waals surface area (Å²) < 4.78 is 5.30. The lowest BCUT2D eigenvalue weighted by molar-refractivity contribution is 0.0749. The summed E-state index contributed by atoms with van der Waals surface area (Å²) in [5.74, 6) is 0.575. The Morgan fingerprint density at radius 2 is 2.06 bits per heavy atom. The Morgan fingerprint density at radius 1 is 1.33 bits per heavy atom. The van der Waals surface area contributed by atoms with Crippen LogP contribution in [-0.2, 0) is 4.74 Å². The van der Waals surface area contributed by atoms with E-state index in [-0.39, 0.29) is 0 Å². The number of pyridine rings is 1. The van der Waals surface area contributed by atoms with Crippen LogP contribution in [-0.4, -0.2) is 55.8 Å². The van der Waals surface area contributed by atoms with Gasteiger partial charge in [-0.25, -0.2) is 4.98 Å². The zero-order valence-corrected chi connectivity index (χ0v) is 11.2. The zero-order valence-electron chi connectivity index (χ0n) is 11.2. The quantitative estimate of drug-likeness (QED) is 0.857. The van der Waals surface area contributed by atoms with Crippen LogP contribution in [0.1, 0.15) is 6.92 Å². The third-order valence-corrected chi connectivity index (χ3v) is 3.43. The van der Waals surface area contributed by atoms with Crippen LogP contribution < -0.4 is 10.6 Å². The van der Waals surface area contributed by atoms with Gasteiger partial charge in [-0.2, -0.15) is 0 Å². The van der Waals surface area contributed by atoms with Crippen LogP contribution in [0.15, 0.2) is 18.3 Å². The summed E-state index contributed by atoms with van der Waals surface area (Å²) in [6, 6.07) is 3.89. The van der Waals surface area contributed by atoms with Crippen LogP contribution in [0.2, 0.25) is 0 Å². The van der Waals surface area contributed by atoms with Gasteiger partial charge >= 0.3 is 0 Å². The topological polar surface area (TPSA) is 54.6 Å². The standard InChI is InChI=1S/C13H22N4O/c1-11(18-2)10-16-5-7-17(8-6-16)12-3-4-13(14)15-9-12/h3-4,9,11H,5-8,10H2,1-2H3,(H2,14,15). The molecule has 1 aromatic rings. The Morgan fingerprint density at radius 3 is 2.61 bits per heavy atom. The van der Waals surface area contributed by atoms with Gasteiger partial charge in [-0.3, -0.25) is 4.90 Å². The van der Waals surface area contributed by atoms with Crippen molar-refractivity contribution in [3.63, 3.8) is 0 Å². The van der Waals surface area contributed by atoms with Crippen molar-refractivity contribution < 1.29 is 4.74 Å². The molecule has 1 atom stereocenters. The Kier molecular flexibility index (Phi) is 4.38. The monoisotopic (exact) mass is 250 g/mol. The number of anilines is 2. The molecule has 0 spiro atoms. The van der Waals surface area contributed by atoms with Crippen LogP contribution in [0, 0.1) is 0 Å². The summed E-state index contributed by atoms with van der Waals surface area (Å²) in [6.45, 7) is 7.31. The van der Waals surface area contributed by atoms with E-state index in [0.717, 1.165) is 38.4 Å². The molecule has 1 fully saturated rings. The predicted molar refractivity (Wildman–Crippen MR) is 73.8 cm³/mol. The third kappa shape index (κ3) is 3.34. The molecule has 100 valence electrons. The average molecular weight is 250 g/mol. The van der Waals surface area contributed by atoms with E-state index in [4.69, 9.17) is 10.5 Å². The molecule has 0 radical (unpaired) electrons. The molecule has 2 heterocycles. The van der Waals surface area contributed by atoms with Crippen molar-refractivity contribution in [2.45, 2.75) is 13.0 Å². The van der Waals surface area contributed by atoms with Crippen molar-refractivity contribution in [3.05, 3.63) is 18.3 Å². The molecule has 1 aliphatic rings. The van der Waals surface area contributed by atoms with Gasteiger partial charge in [0.05, 0.1) is 18.0 Å². The van der Waals surface area contributed by atoms with Crippen LogP contribution in [0.25, 0.3) is 0 Å². The lowest BCUT2D eigenvalue weighted by Crippen LogP contribution is -2.48. The van der Waals surface area contributed by atoms with Crippen LogP contribution >= 0.6 is 0 Å². The number of aromatic nitrogens is 1. The van der Waals surface area contributed by atoms with Gasteiger partial charge in [0.2, 0.25) is 0 Å². The second-order valence-corrected chi connectivity index (χ2v) is 4.78. The molecular weight excluding hydrogens is 228 g/mol. The third-order valence-electron chi connectivity index (χ3n) is 3.43. The van der Waals surface area contributed by atoms with Crippen molar-refractivity contribution in [1.82, 2.24) is 9.88 Å². The summed E-state index contributed by atoms with van der Waals surface area (Å²) in [5.41, 5.74) is 6.75. The number of piperazine rings is 1. The van der Waals surface area contributed by atoms with Crippen LogP contribution in [0.4, 0.5) is 11.5 Å². The lowest BCUT2D eigenvalue weighted by Gasteiger charge is -2.36. The smallest absolute Gasteiger partial charge is 0.123 e. The minimum absolute atomic E-state index is 0.301. The molecule has 0 amide bonds. The zero-order chi connectivity index (χ0) is 13.0. The van der Waals surface area contributed by atoms with Gasteiger partial charge in [0.15, 0.2) is 0 Å². The maximum atomic E-state index is 5.60. The first-order valence-electron chi connectivity index (χ1n) is 6.40. The Labute approximate surface area is 109 Å². The van der Waals surface area contributed by atoms with E-state index in [2.05, 4.69) is 21.7 Å². The highest BCUT2D eigenvalue weighted by Gasteiger charge is 2.18. The molecule has 1 aliphatic heterocycles. The van der Waals surface area contributed by atoms with Gasteiger partial charge in [-0.05, 0) is 19.1 Å². The molecule has 0 aliphatic carbocycles. The normalized spacial score (nSPS) is 18.9. The summed E-state index contributed by atoms with van der Waals surface area (Å²) in [6.07, 6.45) is 2.15. The first-order chi connectivity index (χ1) is 8.69. The van der Waals surface area contributed by atoms with E-state index >= 15 is 0 Å². The highest BCUT2D eigenvalue weighted by molar-refractivity contribution is 5.48. The van der Waals surface area contributed by atoms with Gasteiger partial charge in [-0.15, -0.1) is 0 Å². The van der Waals surface area contributed by atoms with Crippen molar-refractivity contribution >= 4 is 11.5 Å². The fourth-order valence-electron chi connectivity index (χ4n) is 2.21. The highest BCUT2D eigenvalue weighted by atomic mass is 16.5. The number of ether oxygens (including phenoxy) is 1. The Balaban J connectivity index is 1.84. The molecule has 0 aromatic carbocycles. The molecule has 0 saturated carbocycles. The van der Waals surface area contributed by atoms with Crippen molar-refractivity contribution in [2.24, 2.45) is 0 Å². The summed E-state index contributed by atoms with van der Waals surface area (Å²) in [5, 5.41) is 0. The van der Waals surface area contributed by atoms with E-state index in [1.165, 1.54) is 0 Å². The molecule has 5 nitrogen and oxygen atoms in total. The minimum atomic E-state index is 0.301. The molecule has 1 unspecified atom stereocenters. The molecule has 1 saturated heterocycles. The number of hydrogen-bond donors (Lipinski definition) is 1. The molecule has 5 heteroatoms. The summed E-state index contributed by atoms with van der Waals surface area (Å²) >= 11 is 0. The first kappa shape index (κ1) is 13.1. The largest absolute Gasteiger partial charge is 0.384 e. The Bertz CT molecular complexity index is 360. The SMILES string of the molecule is COC(C)CN1CCN(c2ccc(N)nc2)CC1. The molecule has 2 rings (SSSR count). The maximum Gasteiger partial charge on any atom is 0.123 e. The second kappa shape index (κ2) is 6.02. The van der Waals surface area contributed by atoms with Crippen molar-refractivity contribution in [3.8, 4) is 0 Å². The van der Waals surface area contributed by atoms with Gasteiger partial charge < -0.3 is 15.4 Å². The number of nitrogens with zero attached hydrogens (tertiary/aromatic N) is 3. The lowest BCUT2D eigenvalue weighted by atomic mass is 10.2. The first-order valence-corrected chi connectivity index (χ1v) is 6.40. The fraction of sp³-hybridized carbons (Fsp3) is 0.615. The minimum Gasteiger partial charge on any atom is -0.384 e. The summed E-state index contributed by atoms with van der Waals surface area (Å²) in [4.78, 5) is 8.93. The number of nitrogen functional groups attached to an aromatic ring is 1. The number of methoxy groups -OCH3 is 1. The van der Waals surface area contributed by atoms with Crippen LogP contribution in [0.3, 0.4) is 0 Å². The summed E-state index contributed by atoms with van der Waals surface area (Å²) in [7, 11) is 1.76. The fourth-order valence-corrected chi connectivity index (χ4v) is 2.21. The number of rotatable bonds is 4. The van der Waals surface area contributed by atoms with E-state index in [1.807, 2.05) is 18.3 Å². The predicted octanol–water partition coefficient (Wildman–Crippen LogP) is 0.821. The molecule has 2 N–H and O–H groups in total. The average Bonchev–Trinajstić information content (AvgIpc) is 2.40. The molecule has 1 aromatic heterocycles. The van der Waals surface area contributed by atoms with E-state index in [0.29, 0.717) is 11.9 Å². The molecular formula is C13H22N4O. The van der Waals surface area contributed by atoms with Crippen molar-refractivity contribution in [2.75, 3.05) is 50.5 Å². The second-order valence-electron chi connectivity index (χ2n) is 4.78. The maximum absolute atomic E-state index is 5.60. The van der Waals surface area contributed by atoms with Crippen LogP contribution in [0.5, 0.6) is 0 Å². The number of nitrogens with two attached hydrogens (primary N) is 1. The van der Waals surface area contributed by atoms with E-state index < -0.39 is 0 Å². The van der Waals surface area contributed by atoms with Gasteiger partial charge in [0.25, 0.3) is 0 Å². The number of hydrogen-bond acceptors (Lipinski definition) is 5. The van der Waals surface area contributed by atoms with Crippen molar-refractivity contribution in [1.29, 1.82) is 0 Å². The van der Waals surface area contributed by atoms with Gasteiger partial charge in [0, 0.05) is 39.8 Å². The molecule has 18 heavy (non-hydrogen) atoms. The molecule has 0 bridgehead atoms.